The molecule has 0 radical (unpaired) electrons. The Morgan fingerprint density at radius 3 is 1.02 bits per heavy atom. The van der Waals surface area contributed by atoms with Gasteiger partial charge >= 0.3 is 17.9 Å². The number of carbonyl (C=O) groups is 3. The van der Waals surface area contributed by atoms with Gasteiger partial charge in [-0.2, -0.15) is 0 Å². The van der Waals surface area contributed by atoms with E-state index in [-0.39, 0.29) is 31.1 Å². The minimum atomic E-state index is -0.798. The summed E-state index contributed by atoms with van der Waals surface area (Å²) in [6, 6.07) is 0. The van der Waals surface area contributed by atoms with Gasteiger partial charge in [0.2, 0.25) is 0 Å². The predicted molar refractivity (Wildman–Crippen MR) is 270 cm³/mol. The van der Waals surface area contributed by atoms with Crippen molar-refractivity contribution in [2.45, 2.75) is 245 Å². The minimum Gasteiger partial charge on any atom is -0.462 e. The molecule has 0 N–H and O–H groups in total. The van der Waals surface area contributed by atoms with E-state index in [2.05, 4.69) is 106 Å². The molecule has 0 rings (SSSR count). The highest BCUT2D eigenvalue weighted by molar-refractivity contribution is 5.71. The molecule has 0 aromatic carbocycles. The summed E-state index contributed by atoms with van der Waals surface area (Å²) in [5.41, 5.74) is 0. The van der Waals surface area contributed by atoms with Crippen LogP contribution < -0.4 is 0 Å². The molecular formula is C57H96O6. The van der Waals surface area contributed by atoms with Crippen LogP contribution in [0.15, 0.2) is 85.1 Å². The Bertz CT molecular complexity index is 1240. The van der Waals surface area contributed by atoms with Gasteiger partial charge in [0.1, 0.15) is 13.2 Å². The molecule has 0 saturated heterocycles. The molecule has 0 aromatic rings. The Hall–Kier alpha value is -3.41. The maximum Gasteiger partial charge on any atom is 0.306 e. The predicted octanol–water partition coefficient (Wildman–Crippen LogP) is 17.2. The van der Waals surface area contributed by atoms with Crippen LogP contribution in [0.4, 0.5) is 0 Å². The fraction of sp³-hybridized carbons (Fsp3) is 0.702. The summed E-state index contributed by atoms with van der Waals surface area (Å²) in [7, 11) is 0. The van der Waals surface area contributed by atoms with E-state index in [9.17, 15) is 14.4 Å². The van der Waals surface area contributed by atoms with Gasteiger partial charge in [0, 0.05) is 19.3 Å². The van der Waals surface area contributed by atoms with Gasteiger partial charge < -0.3 is 14.2 Å². The smallest absolute Gasteiger partial charge is 0.306 e. The Labute approximate surface area is 388 Å². The maximum atomic E-state index is 12.8. The first-order chi connectivity index (χ1) is 31.0. The highest BCUT2D eigenvalue weighted by Gasteiger charge is 2.19. The first-order valence-electron chi connectivity index (χ1n) is 26.1. The molecule has 0 amide bonds. The van der Waals surface area contributed by atoms with Gasteiger partial charge in [-0.15, -0.1) is 0 Å². The second-order valence-electron chi connectivity index (χ2n) is 17.0. The molecule has 0 fully saturated rings. The molecule has 0 spiro atoms. The number of hydrogen-bond acceptors (Lipinski definition) is 6. The Balaban J connectivity index is 4.47. The normalized spacial score (nSPS) is 12.7. The van der Waals surface area contributed by atoms with E-state index >= 15 is 0 Å². The van der Waals surface area contributed by atoms with Crippen LogP contribution in [0.2, 0.25) is 0 Å². The molecule has 63 heavy (non-hydrogen) atoms. The third kappa shape index (κ3) is 49.5. The van der Waals surface area contributed by atoms with Crippen molar-refractivity contribution in [2.24, 2.45) is 0 Å². The summed E-state index contributed by atoms with van der Waals surface area (Å²) in [5.74, 6) is -0.944. The molecule has 0 aliphatic carbocycles. The minimum absolute atomic E-state index is 0.0959. The lowest BCUT2D eigenvalue weighted by molar-refractivity contribution is -0.167. The first-order valence-corrected chi connectivity index (χ1v) is 26.1. The highest BCUT2D eigenvalue weighted by atomic mass is 16.6. The van der Waals surface area contributed by atoms with E-state index in [4.69, 9.17) is 14.2 Å². The zero-order valence-corrected chi connectivity index (χ0v) is 41.1. The molecule has 1 atom stereocenters. The molecule has 0 aliphatic rings. The third-order valence-corrected chi connectivity index (χ3v) is 10.9. The van der Waals surface area contributed by atoms with Crippen molar-refractivity contribution >= 4 is 17.9 Å². The van der Waals surface area contributed by atoms with Crippen LogP contribution in [-0.4, -0.2) is 37.2 Å². The van der Waals surface area contributed by atoms with Crippen LogP contribution in [0.1, 0.15) is 239 Å². The number of allylic oxidation sites excluding steroid dienone is 14. The van der Waals surface area contributed by atoms with E-state index in [1.54, 1.807) is 0 Å². The van der Waals surface area contributed by atoms with Crippen molar-refractivity contribution in [3.8, 4) is 0 Å². The summed E-state index contributed by atoms with van der Waals surface area (Å²) >= 11 is 0. The highest BCUT2D eigenvalue weighted by Crippen LogP contribution is 2.13. The molecule has 0 saturated carbocycles. The molecule has 6 heteroatoms. The number of carbonyl (C=O) groups excluding carboxylic acids is 3. The Kier molecular flexibility index (Phi) is 48.5. The summed E-state index contributed by atoms with van der Waals surface area (Å²) in [6.45, 7) is 6.44. The standard InChI is InChI=1S/C57H96O6/c1-4-7-10-13-16-19-22-25-27-28-30-32-35-38-41-44-47-50-56(59)62-53-54(52-61-55(58)49-46-43-40-37-34-31-24-21-18-15-12-9-6-3)63-57(60)51-48-45-42-39-36-33-29-26-23-20-17-14-11-8-5-2/h8,11,16-17,19-21,24-27,29-30,32,54H,4-7,9-10,12-15,18,22-23,28,31,33-53H2,1-3H3/b11-8-,19-16-,20-17-,24-21-,27-25-,29-26-,32-30-/t54-/m1/s1. The topological polar surface area (TPSA) is 78.9 Å². The van der Waals surface area contributed by atoms with E-state index in [1.807, 2.05) is 0 Å². The monoisotopic (exact) mass is 877 g/mol. The average Bonchev–Trinajstić information content (AvgIpc) is 3.28. The lowest BCUT2D eigenvalue weighted by atomic mass is 10.1. The quantitative estimate of drug-likeness (QED) is 0.0262. The molecular weight excluding hydrogens is 781 g/mol. The largest absolute Gasteiger partial charge is 0.462 e. The van der Waals surface area contributed by atoms with E-state index in [1.165, 1.54) is 70.6 Å². The Morgan fingerprint density at radius 1 is 0.333 bits per heavy atom. The van der Waals surface area contributed by atoms with Gasteiger partial charge in [0.05, 0.1) is 0 Å². The van der Waals surface area contributed by atoms with E-state index in [0.29, 0.717) is 19.3 Å². The molecule has 0 heterocycles. The van der Waals surface area contributed by atoms with E-state index in [0.717, 1.165) is 128 Å². The summed E-state index contributed by atoms with van der Waals surface area (Å²) < 4.78 is 16.8. The lowest BCUT2D eigenvalue weighted by Gasteiger charge is -2.18. The van der Waals surface area contributed by atoms with Crippen LogP contribution in [-0.2, 0) is 28.6 Å². The maximum absolute atomic E-state index is 12.8. The Morgan fingerprint density at radius 2 is 0.619 bits per heavy atom. The van der Waals surface area contributed by atoms with Gasteiger partial charge in [-0.3, -0.25) is 14.4 Å². The van der Waals surface area contributed by atoms with Crippen molar-refractivity contribution in [2.75, 3.05) is 13.2 Å². The van der Waals surface area contributed by atoms with Gasteiger partial charge in [-0.05, 0) is 116 Å². The molecule has 0 unspecified atom stereocenters. The number of hydrogen-bond donors (Lipinski definition) is 0. The van der Waals surface area contributed by atoms with Crippen LogP contribution in [0, 0.1) is 0 Å². The molecule has 360 valence electrons. The van der Waals surface area contributed by atoms with Gasteiger partial charge in [-0.1, -0.05) is 189 Å². The molecule has 0 aromatic heterocycles. The second kappa shape index (κ2) is 51.2. The summed E-state index contributed by atoms with van der Waals surface area (Å²) in [6.07, 6.45) is 65.6. The molecule has 0 bridgehead atoms. The number of rotatable bonds is 46. The van der Waals surface area contributed by atoms with Crippen molar-refractivity contribution in [3.05, 3.63) is 85.1 Å². The van der Waals surface area contributed by atoms with Crippen LogP contribution in [0.5, 0.6) is 0 Å². The van der Waals surface area contributed by atoms with Crippen molar-refractivity contribution < 1.29 is 28.6 Å². The van der Waals surface area contributed by atoms with Gasteiger partial charge in [0.15, 0.2) is 6.10 Å². The number of esters is 3. The van der Waals surface area contributed by atoms with E-state index < -0.39 is 6.10 Å². The average molecular weight is 877 g/mol. The second-order valence-corrected chi connectivity index (χ2v) is 17.0. The molecule has 0 aliphatic heterocycles. The SMILES string of the molecule is CC/C=C\C/C=C\C/C=C\CCCCCCCC(=O)O[C@@H](COC(=O)CCCCCC/C=C\C/C=C\C/C=C\CCCCC)COC(=O)CCCCCCC/C=C\CCCCCC. The number of ether oxygens (including phenoxy) is 3. The van der Waals surface area contributed by atoms with Gasteiger partial charge in [0.25, 0.3) is 0 Å². The number of unbranched alkanes of at least 4 members (excludes halogenated alkanes) is 21. The fourth-order valence-corrected chi connectivity index (χ4v) is 6.93. The van der Waals surface area contributed by atoms with Gasteiger partial charge in [-0.25, -0.2) is 0 Å². The van der Waals surface area contributed by atoms with Crippen LogP contribution in [0.3, 0.4) is 0 Å². The zero-order chi connectivity index (χ0) is 45.8. The first kappa shape index (κ1) is 59.6. The zero-order valence-electron chi connectivity index (χ0n) is 41.1. The molecule has 6 nitrogen and oxygen atoms in total. The lowest BCUT2D eigenvalue weighted by Crippen LogP contribution is -2.30. The fourth-order valence-electron chi connectivity index (χ4n) is 6.93. The van der Waals surface area contributed by atoms with Crippen molar-refractivity contribution in [1.82, 2.24) is 0 Å². The van der Waals surface area contributed by atoms with Crippen LogP contribution in [0.25, 0.3) is 0 Å². The summed E-state index contributed by atoms with van der Waals surface area (Å²) in [5, 5.41) is 0. The summed E-state index contributed by atoms with van der Waals surface area (Å²) in [4.78, 5) is 38.0. The third-order valence-electron chi connectivity index (χ3n) is 10.9. The van der Waals surface area contributed by atoms with Crippen molar-refractivity contribution in [1.29, 1.82) is 0 Å². The van der Waals surface area contributed by atoms with Crippen LogP contribution >= 0.6 is 0 Å². The van der Waals surface area contributed by atoms with Crippen molar-refractivity contribution in [3.63, 3.8) is 0 Å².